The van der Waals surface area contributed by atoms with Crippen LogP contribution in [0, 0.1) is 5.92 Å². The van der Waals surface area contributed by atoms with Crippen molar-refractivity contribution in [2.75, 3.05) is 12.4 Å². The molecule has 0 aromatic carbocycles. The van der Waals surface area contributed by atoms with Gasteiger partial charge in [0.05, 0.1) is 12.8 Å². The van der Waals surface area contributed by atoms with E-state index in [9.17, 15) is 4.79 Å². The third kappa shape index (κ3) is 4.17. The molecule has 116 valence electrons. The van der Waals surface area contributed by atoms with Crippen molar-refractivity contribution >= 4 is 17.7 Å². The Kier molecular flexibility index (Phi) is 5.58. The lowest BCUT2D eigenvalue weighted by Gasteiger charge is -2.34. The summed E-state index contributed by atoms with van der Waals surface area (Å²) in [5.41, 5.74) is -0.619. The molecule has 1 aromatic heterocycles. The molecule has 21 heavy (non-hydrogen) atoms. The van der Waals surface area contributed by atoms with Crippen LogP contribution in [0.15, 0.2) is 23.6 Å². The smallest absolute Gasteiger partial charge is 0.327 e. The van der Waals surface area contributed by atoms with Crippen molar-refractivity contribution in [1.29, 1.82) is 0 Å². The first-order valence-electron chi connectivity index (χ1n) is 7.42. The molecule has 5 nitrogen and oxygen atoms in total. The maximum Gasteiger partial charge on any atom is 0.327 e. The van der Waals surface area contributed by atoms with Gasteiger partial charge in [0.2, 0.25) is 0 Å². The Morgan fingerprint density at radius 2 is 2.29 bits per heavy atom. The van der Waals surface area contributed by atoms with E-state index in [0.717, 1.165) is 17.9 Å². The Bertz CT molecular complexity index is 465. The summed E-state index contributed by atoms with van der Waals surface area (Å²) in [7, 11) is 0. The Balaban J connectivity index is 2.15. The van der Waals surface area contributed by atoms with Crippen molar-refractivity contribution < 1.29 is 9.53 Å². The van der Waals surface area contributed by atoms with Gasteiger partial charge in [0.1, 0.15) is 10.6 Å². The maximum atomic E-state index is 12.6. The van der Waals surface area contributed by atoms with Gasteiger partial charge in [-0.15, -0.1) is 11.8 Å². The van der Waals surface area contributed by atoms with Crippen LogP contribution in [0.4, 0.5) is 0 Å². The molecule has 1 saturated carbocycles. The minimum atomic E-state index is -0.619. The summed E-state index contributed by atoms with van der Waals surface area (Å²) < 4.78 is 5.35. The predicted molar refractivity (Wildman–Crippen MR) is 83.1 cm³/mol. The van der Waals surface area contributed by atoms with Crippen molar-refractivity contribution in [2.45, 2.75) is 50.2 Å². The molecule has 1 N–H and O–H groups in total. The number of aromatic nitrogens is 2. The fraction of sp³-hybridized carbons (Fsp3) is 0.667. The van der Waals surface area contributed by atoms with Crippen LogP contribution in [0.2, 0.25) is 0 Å². The molecular weight excluding hydrogens is 286 g/mol. The van der Waals surface area contributed by atoms with E-state index in [1.54, 1.807) is 30.4 Å². The summed E-state index contributed by atoms with van der Waals surface area (Å²) in [5.74, 6) is 0.827. The zero-order valence-electron chi connectivity index (χ0n) is 12.8. The number of thioether (sulfide) groups is 1. The van der Waals surface area contributed by atoms with E-state index in [0.29, 0.717) is 18.3 Å². The maximum absolute atomic E-state index is 12.6. The van der Waals surface area contributed by atoms with Gasteiger partial charge in [0.25, 0.3) is 0 Å². The summed E-state index contributed by atoms with van der Waals surface area (Å²) in [6, 6.07) is 0.220. The van der Waals surface area contributed by atoms with Crippen molar-refractivity contribution in [3.05, 3.63) is 18.6 Å². The second-order valence-corrected chi connectivity index (χ2v) is 6.59. The number of carbonyl (C=O) groups excluding carboxylic acids is 1. The number of hydrogen-bond donors (Lipinski definition) is 1. The van der Waals surface area contributed by atoms with Gasteiger partial charge in [-0.2, -0.15) is 0 Å². The third-order valence-corrected chi connectivity index (χ3v) is 4.55. The average molecular weight is 309 g/mol. The van der Waals surface area contributed by atoms with Gasteiger partial charge in [-0.05, 0) is 39.5 Å². The van der Waals surface area contributed by atoms with Gasteiger partial charge < -0.3 is 4.74 Å². The van der Waals surface area contributed by atoms with Gasteiger partial charge in [0, 0.05) is 24.2 Å². The highest BCUT2D eigenvalue weighted by molar-refractivity contribution is 7.99. The fourth-order valence-electron chi connectivity index (χ4n) is 2.46. The van der Waals surface area contributed by atoms with Crippen LogP contribution in [0.3, 0.4) is 0 Å². The molecule has 0 radical (unpaired) electrons. The summed E-state index contributed by atoms with van der Waals surface area (Å²) in [6.07, 6.45) is 7.18. The SMILES string of the molecule is CCOC(=O)C(CSc1cnccn1)(NC(C)C)C1CC1. The van der Waals surface area contributed by atoms with E-state index in [1.807, 2.05) is 6.92 Å². The number of esters is 1. The van der Waals surface area contributed by atoms with E-state index < -0.39 is 5.54 Å². The molecule has 1 aromatic rings. The lowest BCUT2D eigenvalue weighted by atomic mass is 9.94. The van der Waals surface area contributed by atoms with Crippen LogP contribution < -0.4 is 5.32 Å². The zero-order valence-corrected chi connectivity index (χ0v) is 13.7. The first-order chi connectivity index (χ1) is 10.1. The summed E-state index contributed by atoms with van der Waals surface area (Å²) >= 11 is 1.55. The Morgan fingerprint density at radius 1 is 1.52 bits per heavy atom. The lowest BCUT2D eigenvalue weighted by Crippen LogP contribution is -2.59. The minimum absolute atomic E-state index is 0.141. The van der Waals surface area contributed by atoms with Gasteiger partial charge in [-0.3, -0.25) is 15.1 Å². The number of rotatable bonds is 8. The molecule has 0 spiro atoms. The molecule has 0 aliphatic heterocycles. The van der Waals surface area contributed by atoms with Crippen molar-refractivity contribution in [3.8, 4) is 0 Å². The Hall–Kier alpha value is -1.14. The van der Waals surface area contributed by atoms with Crippen molar-refractivity contribution in [2.24, 2.45) is 5.92 Å². The largest absolute Gasteiger partial charge is 0.465 e. The molecule has 1 heterocycles. The number of nitrogens with zero attached hydrogens (tertiary/aromatic N) is 2. The first-order valence-corrected chi connectivity index (χ1v) is 8.40. The van der Waals surface area contributed by atoms with Crippen LogP contribution >= 0.6 is 11.8 Å². The standard InChI is InChI=1S/C15H23N3O2S/c1-4-20-14(19)15(12-5-6-12,18-11(2)3)10-21-13-9-16-7-8-17-13/h7-9,11-12,18H,4-6,10H2,1-3H3. The van der Waals surface area contributed by atoms with Crippen molar-refractivity contribution in [1.82, 2.24) is 15.3 Å². The number of carbonyl (C=O) groups is 1. The van der Waals surface area contributed by atoms with E-state index >= 15 is 0 Å². The predicted octanol–water partition coefficient (Wildman–Crippen LogP) is 2.28. The highest BCUT2D eigenvalue weighted by Gasteiger charge is 2.52. The molecule has 1 atom stereocenters. The second-order valence-electron chi connectivity index (χ2n) is 5.60. The lowest BCUT2D eigenvalue weighted by molar-refractivity contribution is -0.151. The highest BCUT2D eigenvalue weighted by atomic mass is 32.2. The number of ether oxygens (including phenoxy) is 1. The average Bonchev–Trinajstić information content (AvgIpc) is 3.29. The van der Waals surface area contributed by atoms with Gasteiger partial charge >= 0.3 is 5.97 Å². The van der Waals surface area contributed by atoms with Crippen LogP contribution in [-0.4, -0.2) is 39.9 Å². The quantitative estimate of drug-likeness (QED) is 0.587. The van der Waals surface area contributed by atoms with Crippen LogP contribution in [0.5, 0.6) is 0 Å². The molecule has 1 aliphatic carbocycles. The molecule has 0 bridgehead atoms. The van der Waals surface area contributed by atoms with E-state index in [-0.39, 0.29) is 12.0 Å². The number of hydrogen-bond acceptors (Lipinski definition) is 6. The van der Waals surface area contributed by atoms with E-state index in [4.69, 9.17) is 4.74 Å². The highest BCUT2D eigenvalue weighted by Crippen LogP contribution is 2.43. The summed E-state index contributed by atoms with van der Waals surface area (Å²) in [4.78, 5) is 20.9. The van der Waals surface area contributed by atoms with Crippen LogP contribution in [-0.2, 0) is 9.53 Å². The van der Waals surface area contributed by atoms with Gasteiger partial charge in [-0.1, -0.05) is 0 Å². The molecule has 0 amide bonds. The summed E-state index contributed by atoms with van der Waals surface area (Å²) in [5, 5.41) is 4.30. The Morgan fingerprint density at radius 3 is 2.81 bits per heavy atom. The molecule has 6 heteroatoms. The van der Waals surface area contributed by atoms with Crippen LogP contribution in [0.1, 0.15) is 33.6 Å². The monoisotopic (exact) mass is 309 g/mol. The molecule has 2 rings (SSSR count). The third-order valence-electron chi connectivity index (χ3n) is 3.45. The Labute approximate surface area is 130 Å². The topological polar surface area (TPSA) is 64.1 Å². The second kappa shape index (κ2) is 7.22. The van der Waals surface area contributed by atoms with Gasteiger partial charge in [-0.25, -0.2) is 4.98 Å². The molecule has 0 saturated heterocycles. The molecular formula is C15H23N3O2S. The summed E-state index contributed by atoms with van der Waals surface area (Å²) in [6.45, 7) is 6.37. The van der Waals surface area contributed by atoms with E-state index in [1.165, 1.54) is 0 Å². The zero-order chi connectivity index (χ0) is 15.3. The van der Waals surface area contributed by atoms with Gasteiger partial charge in [0.15, 0.2) is 0 Å². The van der Waals surface area contributed by atoms with E-state index in [2.05, 4.69) is 29.1 Å². The number of nitrogens with one attached hydrogen (secondary N) is 1. The first kappa shape index (κ1) is 16.2. The normalized spacial score (nSPS) is 17.5. The molecule has 1 aliphatic rings. The van der Waals surface area contributed by atoms with Crippen molar-refractivity contribution in [3.63, 3.8) is 0 Å². The van der Waals surface area contributed by atoms with Crippen LogP contribution in [0.25, 0.3) is 0 Å². The minimum Gasteiger partial charge on any atom is -0.465 e. The molecule has 1 unspecified atom stereocenters. The fourth-order valence-corrected chi connectivity index (χ4v) is 3.54. The molecule has 1 fully saturated rings.